The molecule has 3 N–H and O–H groups in total. The lowest BCUT2D eigenvalue weighted by atomic mass is 10.0. The summed E-state index contributed by atoms with van der Waals surface area (Å²) in [5.41, 5.74) is 7.39. The summed E-state index contributed by atoms with van der Waals surface area (Å²) in [6, 6.07) is 7.72. The molecular formula is C25H26F2N8O3S. The number of nitrogen functional groups attached to an aromatic ring is 1. The van der Waals surface area contributed by atoms with Crippen molar-refractivity contribution in [1.29, 1.82) is 0 Å². The van der Waals surface area contributed by atoms with Gasteiger partial charge in [-0.25, -0.2) is 46.8 Å². The minimum absolute atomic E-state index is 0.0111. The second kappa shape index (κ2) is 11.5. The second-order valence-corrected chi connectivity index (χ2v) is 9.84. The Morgan fingerprint density at radius 2 is 1.97 bits per heavy atom. The van der Waals surface area contributed by atoms with Crippen LogP contribution in [0.4, 0.5) is 20.5 Å². The Bertz CT molecular complexity index is 1560. The van der Waals surface area contributed by atoms with Gasteiger partial charge < -0.3 is 15.4 Å². The van der Waals surface area contributed by atoms with E-state index in [-0.39, 0.29) is 41.8 Å². The molecule has 11 nitrogen and oxygen atoms in total. The molecule has 1 fully saturated rings. The number of nitrogens with two attached hydrogens (primary N) is 1. The van der Waals surface area contributed by atoms with E-state index in [2.05, 4.69) is 24.6 Å². The minimum atomic E-state index is -2.85. The van der Waals surface area contributed by atoms with Crippen LogP contribution in [0.3, 0.4) is 0 Å². The number of rotatable bonds is 8. The third kappa shape index (κ3) is 5.77. The molecule has 3 aromatic heterocycles. The molecule has 4 heterocycles. The Labute approximate surface area is 224 Å². The monoisotopic (exact) mass is 556 g/mol. The van der Waals surface area contributed by atoms with E-state index in [1.807, 2.05) is 6.92 Å². The number of benzene rings is 1. The van der Waals surface area contributed by atoms with Gasteiger partial charge in [0.2, 0.25) is 16.8 Å². The van der Waals surface area contributed by atoms with Crippen LogP contribution in [0.2, 0.25) is 0 Å². The predicted octanol–water partition coefficient (Wildman–Crippen LogP) is 2.61. The van der Waals surface area contributed by atoms with Crippen LogP contribution in [0.25, 0.3) is 33.7 Å². The van der Waals surface area contributed by atoms with Crippen molar-refractivity contribution in [1.82, 2.24) is 29.6 Å². The average Bonchev–Trinajstić information content (AvgIpc) is 2.93. The summed E-state index contributed by atoms with van der Waals surface area (Å²) in [5.74, 6) is 0.292. The van der Waals surface area contributed by atoms with E-state index in [4.69, 9.17) is 20.4 Å². The van der Waals surface area contributed by atoms with Gasteiger partial charge >= 0.3 is 0 Å². The molecule has 0 saturated carbocycles. The summed E-state index contributed by atoms with van der Waals surface area (Å²) in [4.78, 5) is 24.3. The van der Waals surface area contributed by atoms with Crippen LogP contribution in [0, 0.1) is 5.82 Å². The van der Waals surface area contributed by atoms with Crippen molar-refractivity contribution >= 4 is 33.7 Å². The number of alkyl halides is 1. The molecule has 5 rings (SSSR count). The summed E-state index contributed by atoms with van der Waals surface area (Å²) in [7, 11) is -2.85. The largest absolute Gasteiger partial charge is 0.377 e. The highest BCUT2D eigenvalue weighted by atomic mass is 32.2. The van der Waals surface area contributed by atoms with E-state index < -0.39 is 22.9 Å². The van der Waals surface area contributed by atoms with Gasteiger partial charge in [0.15, 0.2) is 11.6 Å². The van der Waals surface area contributed by atoms with Crippen molar-refractivity contribution in [3.63, 3.8) is 0 Å². The van der Waals surface area contributed by atoms with E-state index in [1.165, 1.54) is 24.5 Å². The molecule has 0 amide bonds. The lowest BCUT2D eigenvalue weighted by Crippen LogP contribution is -2.44. The van der Waals surface area contributed by atoms with Crippen molar-refractivity contribution in [2.45, 2.75) is 25.6 Å². The van der Waals surface area contributed by atoms with Crippen molar-refractivity contribution in [3.05, 3.63) is 54.1 Å². The zero-order chi connectivity index (χ0) is 27.5. The second-order valence-electron chi connectivity index (χ2n) is 9.01. The SMILES string of the molecule is CC1COCCN1c1nc(-c2cnc(N)nc2)nc2ccc(-c3cccc(C(F)CCN[SH](=O)=O)c3F)nc12. The molecular weight excluding hydrogens is 530 g/mol. The van der Waals surface area contributed by atoms with Gasteiger partial charge in [-0.3, -0.25) is 0 Å². The summed E-state index contributed by atoms with van der Waals surface area (Å²) in [5, 5.41) is 0. The molecule has 39 heavy (non-hydrogen) atoms. The van der Waals surface area contributed by atoms with Gasteiger partial charge in [-0.05, 0) is 31.5 Å². The zero-order valence-corrected chi connectivity index (χ0v) is 21.8. The van der Waals surface area contributed by atoms with E-state index >= 15 is 4.39 Å². The highest BCUT2D eigenvalue weighted by Crippen LogP contribution is 2.33. The number of ether oxygens (including phenoxy) is 1. The van der Waals surface area contributed by atoms with Gasteiger partial charge in [0.25, 0.3) is 0 Å². The molecule has 0 spiro atoms. The first-order chi connectivity index (χ1) is 18.8. The highest BCUT2D eigenvalue weighted by molar-refractivity contribution is 7.70. The molecule has 1 aliphatic heterocycles. The number of fused-ring (bicyclic) bond motifs is 1. The first-order valence-electron chi connectivity index (χ1n) is 12.2. The zero-order valence-electron chi connectivity index (χ0n) is 20.9. The van der Waals surface area contributed by atoms with E-state index in [0.717, 1.165) is 0 Å². The smallest absolute Gasteiger partial charge is 0.219 e. The van der Waals surface area contributed by atoms with Crippen LogP contribution in [0.1, 0.15) is 25.1 Å². The number of hydrogen-bond donors (Lipinski definition) is 3. The predicted molar refractivity (Wildman–Crippen MR) is 143 cm³/mol. The maximum Gasteiger partial charge on any atom is 0.219 e. The number of aromatic nitrogens is 5. The topological polar surface area (TPSA) is 149 Å². The Balaban J connectivity index is 1.59. The van der Waals surface area contributed by atoms with Crippen LogP contribution >= 0.6 is 0 Å². The molecule has 0 aliphatic carbocycles. The Kier molecular flexibility index (Phi) is 7.86. The summed E-state index contributed by atoms with van der Waals surface area (Å²) >= 11 is 0. The fourth-order valence-corrected chi connectivity index (χ4v) is 4.71. The van der Waals surface area contributed by atoms with Gasteiger partial charge in [0.1, 0.15) is 17.5 Å². The number of hydrogen-bond acceptors (Lipinski definition) is 10. The summed E-state index contributed by atoms with van der Waals surface area (Å²) in [6.45, 7) is 3.42. The van der Waals surface area contributed by atoms with Crippen molar-refractivity contribution in [2.75, 3.05) is 36.9 Å². The Morgan fingerprint density at radius 1 is 1.18 bits per heavy atom. The van der Waals surface area contributed by atoms with E-state index in [0.29, 0.717) is 48.0 Å². The molecule has 1 saturated heterocycles. The molecule has 4 aromatic rings. The highest BCUT2D eigenvalue weighted by Gasteiger charge is 2.25. The summed E-state index contributed by atoms with van der Waals surface area (Å²) in [6.07, 6.45) is 1.17. The fraction of sp³-hybridized carbons (Fsp3) is 0.320. The van der Waals surface area contributed by atoms with Gasteiger partial charge in [0, 0.05) is 36.6 Å². The number of halogens is 2. The third-order valence-electron chi connectivity index (χ3n) is 6.37. The van der Waals surface area contributed by atoms with Gasteiger partial charge in [0.05, 0.1) is 36.0 Å². The third-order valence-corrected chi connectivity index (χ3v) is 6.86. The molecule has 0 bridgehead atoms. The maximum absolute atomic E-state index is 15.5. The number of nitrogens with zero attached hydrogens (tertiary/aromatic N) is 6. The quantitative estimate of drug-likeness (QED) is 0.277. The molecule has 1 aromatic carbocycles. The van der Waals surface area contributed by atoms with E-state index in [1.54, 1.807) is 18.2 Å². The maximum atomic E-state index is 15.5. The number of nitrogens with one attached hydrogen (secondary N) is 1. The van der Waals surface area contributed by atoms with Gasteiger partial charge in [-0.1, -0.05) is 12.1 Å². The average molecular weight is 557 g/mol. The number of pyridine rings is 1. The van der Waals surface area contributed by atoms with Crippen LogP contribution < -0.4 is 15.4 Å². The van der Waals surface area contributed by atoms with Crippen LogP contribution in [0.15, 0.2) is 42.7 Å². The molecule has 14 heteroatoms. The summed E-state index contributed by atoms with van der Waals surface area (Å²) < 4.78 is 59.5. The Morgan fingerprint density at radius 3 is 2.72 bits per heavy atom. The molecule has 2 atom stereocenters. The standard InChI is InChI=1S/C25H26F2N8O3S/c1-14-13-38-10-9-35(14)24-22-20(33-23(34-24)15-11-29-25(28)30-12-15)6-5-19(32-22)17-4-2-3-16(21(17)27)18(26)7-8-31-39(36)37/h2-6,11-12,14,18,39H,7-10,13H2,1H3,(H2,28,29,30)(H,31,36,37). The van der Waals surface area contributed by atoms with Crippen molar-refractivity contribution in [2.24, 2.45) is 0 Å². The first kappa shape index (κ1) is 26.7. The molecule has 2 unspecified atom stereocenters. The van der Waals surface area contributed by atoms with Gasteiger partial charge in [-0.2, -0.15) is 0 Å². The van der Waals surface area contributed by atoms with Gasteiger partial charge in [-0.15, -0.1) is 0 Å². The van der Waals surface area contributed by atoms with Crippen molar-refractivity contribution < 1.29 is 21.9 Å². The normalized spacial score (nSPS) is 16.6. The van der Waals surface area contributed by atoms with Crippen LogP contribution in [0.5, 0.6) is 0 Å². The lowest BCUT2D eigenvalue weighted by Gasteiger charge is -2.34. The van der Waals surface area contributed by atoms with Crippen LogP contribution in [-0.4, -0.2) is 65.7 Å². The number of thiol groups is 1. The molecule has 0 radical (unpaired) electrons. The number of morpholine rings is 1. The van der Waals surface area contributed by atoms with Crippen molar-refractivity contribution in [3.8, 4) is 22.6 Å². The molecule has 1 aliphatic rings. The number of anilines is 2. The minimum Gasteiger partial charge on any atom is -0.377 e. The van der Waals surface area contributed by atoms with Crippen LogP contribution in [-0.2, 0) is 15.6 Å². The lowest BCUT2D eigenvalue weighted by molar-refractivity contribution is 0.0987. The molecule has 204 valence electrons. The first-order valence-corrected chi connectivity index (χ1v) is 13.4. The Hall–Kier alpha value is -3.88. The van der Waals surface area contributed by atoms with E-state index in [9.17, 15) is 12.8 Å². The fourth-order valence-electron chi connectivity index (χ4n) is 4.40.